The number of hydrogen-bond acceptors (Lipinski definition) is 4. The van der Waals surface area contributed by atoms with E-state index in [0.29, 0.717) is 35.8 Å². The number of aromatic nitrogens is 1. The summed E-state index contributed by atoms with van der Waals surface area (Å²) in [6, 6.07) is 3.50. The van der Waals surface area contributed by atoms with Crippen LogP contribution in [0.2, 0.25) is 5.02 Å². The Morgan fingerprint density at radius 1 is 1.59 bits per heavy atom. The van der Waals surface area contributed by atoms with Crippen molar-refractivity contribution < 1.29 is 9.90 Å². The van der Waals surface area contributed by atoms with Crippen LogP contribution in [0.4, 0.5) is 5.82 Å². The van der Waals surface area contributed by atoms with E-state index in [9.17, 15) is 4.79 Å². The van der Waals surface area contributed by atoms with E-state index in [0.717, 1.165) is 0 Å². The third-order valence-electron chi connectivity index (χ3n) is 2.12. The van der Waals surface area contributed by atoms with Crippen molar-refractivity contribution in [3.8, 4) is 6.07 Å². The molecule has 0 spiro atoms. The molecule has 0 saturated heterocycles. The van der Waals surface area contributed by atoms with Gasteiger partial charge in [-0.3, -0.25) is 4.79 Å². The third-order valence-corrected chi connectivity index (χ3v) is 2.50. The molecule has 1 rings (SSSR count). The second-order valence-electron chi connectivity index (χ2n) is 3.41. The quantitative estimate of drug-likeness (QED) is 0.760. The van der Waals surface area contributed by atoms with Gasteiger partial charge in [0.05, 0.1) is 5.56 Å². The number of nitrogens with zero attached hydrogens (tertiary/aromatic N) is 2. The minimum absolute atomic E-state index is 0.154. The van der Waals surface area contributed by atoms with Gasteiger partial charge < -0.3 is 10.4 Å². The van der Waals surface area contributed by atoms with Gasteiger partial charge in [0.2, 0.25) is 0 Å². The van der Waals surface area contributed by atoms with Crippen molar-refractivity contribution in [2.24, 2.45) is 0 Å². The number of carbonyl (C=O) groups is 1. The molecule has 0 amide bonds. The summed E-state index contributed by atoms with van der Waals surface area (Å²) in [7, 11) is 0. The van der Waals surface area contributed by atoms with Crippen molar-refractivity contribution in [3.63, 3.8) is 0 Å². The number of carboxylic acids is 1. The van der Waals surface area contributed by atoms with E-state index >= 15 is 0 Å². The van der Waals surface area contributed by atoms with Crippen LogP contribution in [0.15, 0.2) is 12.3 Å². The number of carboxylic acid groups (broad SMARTS) is 1. The van der Waals surface area contributed by atoms with Crippen LogP contribution in [0, 0.1) is 11.3 Å². The molecule has 0 fully saturated rings. The largest absolute Gasteiger partial charge is 0.481 e. The zero-order valence-corrected chi connectivity index (χ0v) is 9.87. The average Bonchev–Trinajstić information content (AvgIpc) is 2.30. The lowest BCUT2D eigenvalue weighted by molar-refractivity contribution is -0.137. The van der Waals surface area contributed by atoms with Crippen LogP contribution in [0.5, 0.6) is 0 Å². The third kappa shape index (κ3) is 4.29. The summed E-state index contributed by atoms with van der Waals surface area (Å²) in [5, 5.41) is 20.5. The van der Waals surface area contributed by atoms with E-state index in [4.69, 9.17) is 22.0 Å². The summed E-state index contributed by atoms with van der Waals surface area (Å²) >= 11 is 5.93. The molecule has 0 aliphatic rings. The first-order chi connectivity index (χ1) is 8.15. The van der Waals surface area contributed by atoms with Gasteiger partial charge in [-0.25, -0.2) is 4.98 Å². The molecular weight excluding hydrogens is 242 g/mol. The molecule has 0 aromatic carbocycles. The van der Waals surface area contributed by atoms with Gasteiger partial charge in [0.15, 0.2) is 0 Å². The van der Waals surface area contributed by atoms with E-state index in [1.54, 1.807) is 0 Å². The highest BCUT2D eigenvalue weighted by Crippen LogP contribution is 2.22. The lowest BCUT2D eigenvalue weighted by Gasteiger charge is -2.07. The number of anilines is 1. The van der Waals surface area contributed by atoms with Crippen molar-refractivity contribution in [1.29, 1.82) is 5.26 Å². The molecule has 0 bridgehead atoms. The molecule has 0 radical (unpaired) electrons. The molecule has 17 heavy (non-hydrogen) atoms. The zero-order valence-electron chi connectivity index (χ0n) is 9.11. The summed E-state index contributed by atoms with van der Waals surface area (Å²) < 4.78 is 0. The standard InChI is InChI=1S/C11H12ClN3O2/c12-10-8(7-13)4-6-15-11(10)14-5-2-1-3-9(16)17/h4,6H,1-3,5H2,(H,14,15)(H,16,17). The van der Waals surface area contributed by atoms with Gasteiger partial charge in [-0.1, -0.05) is 11.6 Å². The molecule has 1 aromatic heterocycles. The predicted molar refractivity (Wildman–Crippen MR) is 63.9 cm³/mol. The Balaban J connectivity index is 2.42. The van der Waals surface area contributed by atoms with Crippen molar-refractivity contribution >= 4 is 23.4 Å². The summed E-state index contributed by atoms with van der Waals surface area (Å²) in [5.74, 6) is -0.339. The first-order valence-electron chi connectivity index (χ1n) is 5.15. The fourth-order valence-corrected chi connectivity index (χ4v) is 1.48. The molecule has 0 saturated carbocycles. The van der Waals surface area contributed by atoms with Crippen molar-refractivity contribution in [2.45, 2.75) is 19.3 Å². The molecule has 1 aromatic rings. The number of nitrogens with one attached hydrogen (secondary N) is 1. The number of nitriles is 1. The Morgan fingerprint density at radius 3 is 3.00 bits per heavy atom. The lowest BCUT2D eigenvalue weighted by Crippen LogP contribution is -2.05. The fourth-order valence-electron chi connectivity index (χ4n) is 1.26. The molecule has 6 heteroatoms. The molecule has 90 valence electrons. The highest BCUT2D eigenvalue weighted by Gasteiger charge is 2.06. The molecular formula is C11H12ClN3O2. The van der Waals surface area contributed by atoms with E-state index in [1.165, 1.54) is 12.3 Å². The SMILES string of the molecule is N#Cc1ccnc(NCCCCC(=O)O)c1Cl. The summed E-state index contributed by atoms with van der Waals surface area (Å²) in [6.45, 7) is 0.578. The Kier molecular flexibility index (Phi) is 5.24. The minimum atomic E-state index is -0.798. The van der Waals surface area contributed by atoms with Crippen molar-refractivity contribution in [1.82, 2.24) is 4.98 Å². The van der Waals surface area contributed by atoms with Gasteiger partial charge in [0, 0.05) is 19.2 Å². The predicted octanol–water partition coefficient (Wildman–Crippen LogP) is 2.27. The summed E-state index contributed by atoms with van der Waals surface area (Å²) in [4.78, 5) is 14.3. The highest BCUT2D eigenvalue weighted by molar-refractivity contribution is 6.34. The molecule has 0 unspecified atom stereocenters. The fraction of sp³-hybridized carbons (Fsp3) is 0.364. The van der Waals surface area contributed by atoms with Crippen LogP contribution in [-0.2, 0) is 4.79 Å². The summed E-state index contributed by atoms with van der Waals surface area (Å²) in [6.07, 6.45) is 2.96. The number of rotatable bonds is 6. The normalized spacial score (nSPS) is 9.65. The number of pyridine rings is 1. The molecule has 2 N–H and O–H groups in total. The van der Waals surface area contributed by atoms with Crippen molar-refractivity contribution in [3.05, 3.63) is 22.8 Å². The van der Waals surface area contributed by atoms with Gasteiger partial charge in [0.25, 0.3) is 0 Å². The first-order valence-corrected chi connectivity index (χ1v) is 5.53. The number of hydrogen-bond donors (Lipinski definition) is 2. The maximum absolute atomic E-state index is 10.3. The Morgan fingerprint density at radius 2 is 2.35 bits per heavy atom. The second-order valence-corrected chi connectivity index (χ2v) is 3.79. The molecule has 1 heterocycles. The van der Waals surface area contributed by atoms with Gasteiger partial charge in [-0.05, 0) is 18.9 Å². The minimum Gasteiger partial charge on any atom is -0.481 e. The van der Waals surface area contributed by atoms with Crippen LogP contribution in [0.25, 0.3) is 0 Å². The van der Waals surface area contributed by atoms with E-state index in [-0.39, 0.29) is 6.42 Å². The summed E-state index contributed by atoms with van der Waals surface area (Å²) in [5.41, 5.74) is 0.370. The Bertz CT molecular complexity index is 443. The lowest BCUT2D eigenvalue weighted by atomic mass is 10.2. The van der Waals surface area contributed by atoms with Crippen molar-refractivity contribution in [2.75, 3.05) is 11.9 Å². The monoisotopic (exact) mass is 253 g/mol. The molecule has 0 aliphatic heterocycles. The van der Waals surface area contributed by atoms with Gasteiger partial charge in [-0.2, -0.15) is 5.26 Å². The van der Waals surface area contributed by atoms with Crippen LogP contribution >= 0.6 is 11.6 Å². The second kappa shape index (κ2) is 6.71. The van der Waals surface area contributed by atoms with E-state index < -0.39 is 5.97 Å². The first kappa shape index (κ1) is 13.3. The highest BCUT2D eigenvalue weighted by atomic mass is 35.5. The van der Waals surface area contributed by atoms with Crippen LogP contribution in [-0.4, -0.2) is 22.6 Å². The topological polar surface area (TPSA) is 86.0 Å². The average molecular weight is 254 g/mol. The number of aliphatic carboxylic acids is 1. The van der Waals surface area contributed by atoms with Crippen LogP contribution in [0.1, 0.15) is 24.8 Å². The van der Waals surface area contributed by atoms with E-state index in [2.05, 4.69) is 10.3 Å². The van der Waals surface area contributed by atoms with E-state index in [1.807, 2.05) is 6.07 Å². The molecule has 0 atom stereocenters. The number of unbranched alkanes of at least 4 members (excludes halogenated alkanes) is 1. The Hall–Kier alpha value is -1.80. The van der Waals surface area contributed by atoms with Crippen LogP contribution < -0.4 is 5.32 Å². The van der Waals surface area contributed by atoms with Gasteiger partial charge in [0.1, 0.15) is 16.9 Å². The number of halogens is 1. The van der Waals surface area contributed by atoms with Gasteiger partial charge in [-0.15, -0.1) is 0 Å². The van der Waals surface area contributed by atoms with Crippen LogP contribution in [0.3, 0.4) is 0 Å². The van der Waals surface area contributed by atoms with Gasteiger partial charge >= 0.3 is 5.97 Å². The Labute approximate surface area is 104 Å². The zero-order chi connectivity index (χ0) is 12.7. The maximum Gasteiger partial charge on any atom is 0.303 e. The molecule has 0 aliphatic carbocycles. The molecule has 5 nitrogen and oxygen atoms in total. The smallest absolute Gasteiger partial charge is 0.303 e. The maximum atomic E-state index is 10.3.